The predicted molar refractivity (Wildman–Crippen MR) is 57.4 cm³/mol. The Morgan fingerprint density at radius 3 is 2.44 bits per heavy atom. The van der Waals surface area contributed by atoms with E-state index in [9.17, 15) is 9.50 Å². The number of nitrogens with zero attached hydrogens (tertiary/aromatic N) is 3. The SMILES string of the molecule is Nc1n[nH]c(N)c1N=Nc1c([O-])cccc1F.[Li+]. The molecule has 2 rings (SSSR count). The Labute approximate surface area is 113 Å². The van der Waals surface area contributed by atoms with Gasteiger partial charge in [-0.3, -0.25) is 5.10 Å². The van der Waals surface area contributed by atoms with Crippen LogP contribution in [0.3, 0.4) is 0 Å². The molecular formula is C9H8FLiN6O. The molecule has 7 nitrogen and oxygen atoms in total. The second-order valence-electron chi connectivity index (χ2n) is 3.16. The van der Waals surface area contributed by atoms with E-state index in [2.05, 4.69) is 20.4 Å². The van der Waals surface area contributed by atoms with Crippen molar-refractivity contribution in [3.63, 3.8) is 0 Å². The predicted octanol–water partition coefficient (Wildman–Crippen LogP) is -1.79. The van der Waals surface area contributed by atoms with Gasteiger partial charge in [0.25, 0.3) is 0 Å². The van der Waals surface area contributed by atoms with Crippen molar-refractivity contribution < 1.29 is 28.4 Å². The molecule has 1 heterocycles. The molecule has 0 aliphatic rings. The van der Waals surface area contributed by atoms with E-state index in [1.165, 1.54) is 12.1 Å². The molecule has 0 saturated heterocycles. The van der Waals surface area contributed by atoms with Gasteiger partial charge in [0, 0.05) is 0 Å². The van der Waals surface area contributed by atoms with Crippen molar-refractivity contribution in [1.82, 2.24) is 10.2 Å². The van der Waals surface area contributed by atoms with Crippen LogP contribution < -0.4 is 35.4 Å². The zero-order valence-electron chi connectivity index (χ0n) is 9.51. The van der Waals surface area contributed by atoms with Gasteiger partial charge in [0.05, 0.1) is 0 Å². The van der Waals surface area contributed by atoms with Crippen molar-refractivity contribution in [2.24, 2.45) is 10.2 Å². The van der Waals surface area contributed by atoms with Gasteiger partial charge in [-0.15, -0.1) is 10.2 Å². The zero-order valence-corrected chi connectivity index (χ0v) is 9.51. The summed E-state index contributed by atoms with van der Waals surface area (Å²) in [5.41, 5.74) is 10.6. The molecule has 0 bridgehead atoms. The molecule has 1 aromatic carbocycles. The minimum Gasteiger partial charge on any atom is -0.871 e. The van der Waals surface area contributed by atoms with Crippen LogP contribution in [0.1, 0.15) is 0 Å². The van der Waals surface area contributed by atoms with E-state index in [-0.39, 0.29) is 36.2 Å². The van der Waals surface area contributed by atoms with Gasteiger partial charge in [0.1, 0.15) is 17.3 Å². The number of aromatic nitrogens is 2. The first kappa shape index (κ1) is 14.0. The summed E-state index contributed by atoms with van der Waals surface area (Å²) in [7, 11) is 0. The van der Waals surface area contributed by atoms with E-state index in [0.29, 0.717) is 0 Å². The smallest absolute Gasteiger partial charge is 0.871 e. The Morgan fingerprint density at radius 1 is 1.22 bits per heavy atom. The van der Waals surface area contributed by atoms with Gasteiger partial charge in [-0.05, 0) is 6.07 Å². The fraction of sp³-hybridized carbons (Fsp3) is 0. The van der Waals surface area contributed by atoms with Crippen molar-refractivity contribution in [3.8, 4) is 5.75 Å². The summed E-state index contributed by atoms with van der Waals surface area (Å²) in [6.07, 6.45) is 0. The van der Waals surface area contributed by atoms with Crippen molar-refractivity contribution >= 4 is 23.0 Å². The summed E-state index contributed by atoms with van der Waals surface area (Å²) < 4.78 is 13.2. The van der Waals surface area contributed by atoms with Gasteiger partial charge < -0.3 is 16.6 Å². The molecule has 0 aliphatic heterocycles. The fourth-order valence-corrected chi connectivity index (χ4v) is 1.16. The first-order chi connectivity index (χ1) is 8.09. The second kappa shape index (κ2) is 5.53. The molecule has 0 aliphatic carbocycles. The Morgan fingerprint density at radius 2 is 1.89 bits per heavy atom. The molecule has 0 fully saturated rings. The number of hydrogen-bond acceptors (Lipinski definition) is 6. The number of aromatic amines is 1. The number of benzene rings is 1. The van der Waals surface area contributed by atoms with Crippen LogP contribution in [0.4, 0.5) is 27.4 Å². The summed E-state index contributed by atoms with van der Waals surface area (Å²) >= 11 is 0. The molecular weight excluding hydrogens is 234 g/mol. The van der Waals surface area contributed by atoms with Gasteiger partial charge in [0.15, 0.2) is 11.5 Å². The maximum Gasteiger partial charge on any atom is 1.00 e. The van der Waals surface area contributed by atoms with E-state index >= 15 is 0 Å². The Bertz CT molecular complexity index is 545. The average Bonchev–Trinajstić information content (AvgIpc) is 2.59. The Hall–Kier alpha value is -2.04. The first-order valence-corrected chi connectivity index (χ1v) is 4.56. The molecule has 0 saturated carbocycles. The number of nitrogen functional groups attached to an aromatic ring is 2. The third-order valence-corrected chi connectivity index (χ3v) is 1.99. The van der Waals surface area contributed by atoms with Gasteiger partial charge >= 0.3 is 18.9 Å². The van der Waals surface area contributed by atoms with Crippen molar-refractivity contribution in [2.45, 2.75) is 0 Å². The molecule has 0 spiro atoms. The fourth-order valence-electron chi connectivity index (χ4n) is 1.16. The number of anilines is 2. The van der Waals surface area contributed by atoms with Crippen LogP contribution >= 0.6 is 0 Å². The number of rotatable bonds is 2. The van der Waals surface area contributed by atoms with E-state index in [1.807, 2.05) is 0 Å². The number of nitrogens with one attached hydrogen (secondary N) is 1. The van der Waals surface area contributed by atoms with Gasteiger partial charge in [-0.2, -0.15) is 5.10 Å². The second-order valence-corrected chi connectivity index (χ2v) is 3.16. The van der Waals surface area contributed by atoms with Gasteiger partial charge in [0.2, 0.25) is 0 Å². The number of hydrogen-bond donors (Lipinski definition) is 3. The third kappa shape index (κ3) is 2.61. The van der Waals surface area contributed by atoms with Crippen LogP contribution in [0.25, 0.3) is 0 Å². The van der Waals surface area contributed by atoms with Crippen molar-refractivity contribution in [1.29, 1.82) is 0 Å². The monoisotopic (exact) mass is 242 g/mol. The quantitative estimate of drug-likeness (QED) is 0.424. The van der Waals surface area contributed by atoms with E-state index in [4.69, 9.17) is 11.5 Å². The molecule has 5 N–H and O–H groups in total. The van der Waals surface area contributed by atoms with E-state index < -0.39 is 17.3 Å². The average molecular weight is 242 g/mol. The minimum atomic E-state index is -0.762. The molecule has 0 amide bonds. The summed E-state index contributed by atoms with van der Waals surface area (Å²) in [5.74, 6) is -1.22. The molecule has 88 valence electrons. The first-order valence-electron chi connectivity index (χ1n) is 4.56. The summed E-state index contributed by atoms with van der Waals surface area (Å²) in [6, 6.07) is 3.58. The Balaban J connectivity index is 0.00000162. The zero-order chi connectivity index (χ0) is 12.4. The topological polar surface area (TPSA) is 128 Å². The van der Waals surface area contributed by atoms with Crippen LogP contribution in [-0.4, -0.2) is 10.2 Å². The number of H-pyrrole nitrogens is 1. The molecule has 9 heteroatoms. The maximum atomic E-state index is 13.2. The number of nitrogens with two attached hydrogens (primary N) is 2. The van der Waals surface area contributed by atoms with Gasteiger partial charge in [-0.25, -0.2) is 4.39 Å². The van der Waals surface area contributed by atoms with Crippen LogP contribution in [-0.2, 0) is 0 Å². The summed E-state index contributed by atoms with van der Waals surface area (Å²) in [5, 5.41) is 24.3. The van der Waals surface area contributed by atoms with Crippen LogP contribution in [0.15, 0.2) is 28.4 Å². The standard InChI is InChI=1S/C9H9FN6O.Li/c10-4-2-1-3-5(17)6(4)13-14-7-8(11)15-16-9(7)12;/h1-3,17H,(H5,11,12,15,16);/q;+1/p-1. The van der Waals surface area contributed by atoms with Gasteiger partial charge in [-0.1, -0.05) is 17.9 Å². The third-order valence-electron chi connectivity index (χ3n) is 1.99. The maximum absolute atomic E-state index is 13.2. The largest absolute Gasteiger partial charge is 1.00 e. The molecule has 0 radical (unpaired) electrons. The molecule has 0 atom stereocenters. The van der Waals surface area contributed by atoms with Crippen LogP contribution in [0.5, 0.6) is 5.75 Å². The molecule has 2 aromatic rings. The van der Waals surface area contributed by atoms with Crippen LogP contribution in [0.2, 0.25) is 0 Å². The number of halogens is 1. The van der Waals surface area contributed by atoms with Crippen molar-refractivity contribution in [2.75, 3.05) is 11.5 Å². The summed E-state index contributed by atoms with van der Waals surface area (Å²) in [6.45, 7) is 0. The minimum absolute atomic E-state index is 0. The van der Waals surface area contributed by atoms with Crippen LogP contribution in [0, 0.1) is 5.82 Å². The molecule has 18 heavy (non-hydrogen) atoms. The van der Waals surface area contributed by atoms with Crippen molar-refractivity contribution in [3.05, 3.63) is 24.0 Å². The normalized spacial score (nSPS) is 10.5. The van der Waals surface area contributed by atoms with E-state index in [0.717, 1.165) is 6.07 Å². The molecule has 0 unspecified atom stereocenters. The molecule has 1 aromatic heterocycles. The number of azo groups is 1. The summed E-state index contributed by atoms with van der Waals surface area (Å²) in [4.78, 5) is 0. The Kier molecular flexibility index (Phi) is 4.31. The van der Waals surface area contributed by atoms with E-state index in [1.54, 1.807) is 0 Å².